The minimum absolute atomic E-state index is 0.0803. The molecule has 0 saturated carbocycles. The lowest BCUT2D eigenvalue weighted by molar-refractivity contribution is -0.140. The lowest BCUT2D eigenvalue weighted by Gasteiger charge is -2.34. The highest BCUT2D eigenvalue weighted by atomic mass is 79.9. The van der Waals surface area contributed by atoms with E-state index in [1.165, 1.54) is 4.90 Å². The van der Waals surface area contributed by atoms with Crippen molar-refractivity contribution in [3.63, 3.8) is 0 Å². The van der Waals surface area contributed by atoms with Crippen LogP contribution in [0.1, 0.15) is 55.9 Å². The number of hydrogen-bond acceptors (Lipinski definition) is 4. The summed E-state index contributed by atoms with van der Waals surface area (Å²) in [6.45, 7) is 9.37. The molecule has 0 unspecified atom stereocenters. The van der Waals surface area contributed by atoms with Gasteiger partial charge in [0.25, 0.3) is 10.0 Å². The van der Waals surface area contributed by atoms with Crippen LogP contribution in [0.15, 0.2) is 112 Å². The Hall–Kier alpha value is -3.95. The highest BCUT2D eigenvalue weighted by Gasteiger charge is 2.35. The van der Waals surface area contributed by atoms with Crippen LogP contribution < -0.4 is 9.62 Å². The fraction of sp³-hybridized carbons (Fsp3) is 0.297. The van der Waals surface area contributed by atoms with Crippen molar-refractivity contribution >= 4 is 43.5 Å². The highest BCUT2D eigenvalue weighted by molar-refractivity contribution is 9.10. The maximum atomic E-state index is 14.6. The fourth-order valence-electron chi connectivity index (χ4n) is 5.11. The highest BCUT2D eigenvalue weighted by Crippen LogP contribution is 2.27. The second-order valence-electron chi connectivity index (χ2n) is 12.1. The number of amides is 2. The quantitative estimate of drug-likeness (QED) is 0.159. The van der Waals surface area contributed by atoms with E-state index in [0.29, 0.717) is 5.69 Å². The van der Waals surface area contributed by atoms with E-state index in [-0.39, 0.29) is 35.7 Å². The van der Waals surface area contributed by atoms with Gasteiger partial charge in [-0.25, -0.2) is 8.42 Å². The molecule has 0 aromatic heterocycles. The number of sulfonamides is 1. The predicted molar refractivity (Wildman–Crippen MR) is 188 cm³/mol. The van der Waals surface area contributed by atoms with E-state index < -0.39 is 28.5 Å². The van der Waals surface area contributed by atoms with E-state index >= 15 is 0 Å². The Kier molecular flexibility index (Phi) is 11.8. The molecule has 0 aliphatic carbocycles. The molecule has 9 heteroatoms. The van der Waals surface area contributed by atoms with E-state index in [2.05, 4.69) is 35.1 Å². The SMILES string of the molecule is Cc1ccc(S(=O)(=O)N(CC(=O)N(Cc2ccc(Br)cc2)[C@@H](Cc2ccccc2)C(=O)NC(C)C)c2ccc(C(C)C)cc2)cc1. The van der Waals surface area contributed by atoms with E-state index in [9.17, 15) is 18.0 Å². The van der Waals surface area contributed by atoms with Gasteiger partial charge in [0.15, 0.2) is 0 Å². The van der Waals surface area contributed by atoms with Crippen LogP contribution in [0.3, 0.4) is 0 Å². The maximum Gasteiger partial charge on any atom is 0.264 e. The Morgan fingerprint density at radius 1 is 0.783 bits per heavy atom. The Morgan fingerprint density at radius 2 is 1.39 bits per heavy atom. The first-order valence-corrected chi connectivity index (χ1v) is 17.7. The summed E-state index contributed by atoms with van der Waals surface area (Å²) in [5, 5.41) is 2.98. The minimum Gasteiger partial charge on any atom is -0.352 e. The number of nitrogens with one attached hydrogen (secondary N) is 1. The lowest BCUT2D eigenvalue weighted by atomic mass is 10.0. The molecule has 1 atom stereocenters. The van der Waals surface area contributed by atoms with Gasteiger partial charge in [-0.05, 0) is 79.8 Å². The Labute approximate surface area is 281 Å². The van der Waals surface area contributed by atoms with Gasteiger partial charge in [-0.1, -0.05) is 102 Å². The van der Waals surface area contributed by atoms with Gasteiger partial charge in [0, 0.05) is 23.5 Å². The molecule has 0 fully saturated rings. The molecule has 0 saturated heterocycles. The van der Waals surface area contributed by atoms with Crippen molar-refractivity contribution in [3.8, 4) is 0 Å². The predicted octanol–water partition coefficient (Wildman–Crippen LogP) is 7.24. The summed E-state index contributed by atoms with van der Waals surface area (Å²) < 4.78 is 30.5. The van der Waals surface area contributed by atoms with Crippen molar-refractivity contribution in [1.82, 2.24) is 10.2 Å². The first-order chi connectivity index (χ1) is 21.8. The summed E-state index contributed by atoms with van der Waals surface area (Å²) in [4.78, 5) is 30.0. The standard InChI is InChI=1S/C37H42BrN3O4S/c1-26(2)31-15-19-33(20-16-31)41(46(44,45)34-21-11-28(5)12-22-34)25-36(42)40(24-30-13-17-32(38)18-14-30)35(37(43)39-27(3)4)23-29-9-7-6-8-10-29/h6-22,26-27,35H,23-25H2,1-5H3,(H,39,43)/t35-/m0/s1. The number of halogens is 1. The molecule has 4 aromatic carbocycles. The number of carbonyl (C=O) groups is 2. The van der Waals surface area contributed by atoms with Crippen LogP contribution in [0.5, 0.6) is 0 Å². The van der Waals surface area contributed by atoms with Crippen LogP contribution in [-0.4, -0.2) is 43.8 Å². The topological polar surface area (TPSA) is 86.8 Å². The number of aryl methyl sites for hydroxylation is 1. The van der Waals surface area contributed by atoms with Crippen molar-refractivity contribution in [3.05, 3.63) is 130 Å². The zero-order chi connectivity index (χ0) is 33.4. The zero-order valence-corrected chi connectivity index (χ0v) is 29.4. The molecule has 0 heterocycles. The number of benzene rings is 4. The molecular weight excluding hydrogens is 662 g/mol. The normalized spacial score (nSPS) is 12.2. The monoisotopic (exact) mass is 703 g/mol. The summed E-state index contributed by atoms with van der Waals surface area (Å²) in [5.41, 5.74) is 4.03. The molecule has 242 valence electrons. The maximum absolute atomic E-state index is 14.6. The minimum atomic E-state index is -4.16. The summed E-state index contributed by atoms with van der Waals surface area (Å²) in [5.74, 6) is -0.553. The summed E-state index contributed by atoms with van der Waals surface area (Å²) in [6, 6.07) is 29.8. The van der Waals surface area contributed by atoms with Crippen molar-refractivity contribution in [2.45, 2.75) is 70.5 Å². The summed E-state index contributed by atoms with van der Waals surface area (Å²) in [6.07, 6.45) is 0.259. The Morgan fingerprint density at radius 3 is 1.96 bits per heavy atom. The fourth-order valence-corrected chi connectivity index (χ4v) is 6.79. The first kappa shape index (κ1) is 34.9. The number of rotatable bonds is 13. The molecule has 7 nitrogen and oxygen atoms in total. The van der Waals surface area contributed by atoms with Crippen molar-refractivity contribution < 1.29 is 18.0 Å². The molecular formula is C37H42BrN3O4S. The van der Waals surface area contributed by atoms with Crippen LogP contribution in [0, 0.1) is 6.92 Å². The lowest BCUT2D eigenvalue weighted by Crippen LogP contribution is -2.54. The molecule has 0 aliphatic rings. The molecule has 4 aromatic rings. The Balaban J connectivity index is 1.81. The summed E-state index contributed by atoms with van der Waals surface area (Å²) in [7, 11) is -4.16. The molecule has 0 bridgehead atoms. The van der Waals surface area contributed by atoms with Crippen LogP contribution >= 0.6 is 15.9 Å². The number of nitrogens with zero attached hydrogens (tertiary/aromatic N) is 2. The third kappa shape index (κ3) is 9.07. The van der Waals surface area contributed by atoms with Crippen LogP contribution in [0.25, 0.3) is 0 Å². The van der Waals surface area contributed by atoms with Crippen LogP contribution in [-0.2, 0) is 32.6 Å². The average Bonchev–Trinajstić information content (AvgIpc) is 3.02. The molecule has 46 heavy (non-hydrogen) atoms. The van der Waals surface area contributed by atoms with Gasteiger partial charge in [-0.15, -0.1) is 0 Å². The third-order valence-electron chi connectivity index (χ3n) is 7.70. The van der Waals surface area contributed by atoms with Crippen LogP contribution in [0.2, 0.25) is 0 Å². The van der Waals surface area contributed by atoms with Gasteiger partial charge in [-0.3, -0.25) is 13.9 Å². The van der Waals surface area contributed by atoms with Crippen molar-refractivity contribution in [2.24, 2.45) is 0 Å². The average molecular weight is 705 g/mol. The number of anilines is 1. The third-order valence-corrected chi connectivity index (χ3v) is 10.0. The van der Waals surface area contributed by atoms with Gasteiger partial charge in [0.05, 0.1) is 10.6 Å². The van der Waals surface area contributed by atoms with Gasteiger partial charge in [-0.2, -0.15) is 0 Å². The van der Waals surface area contributed by atoms with E-state index in [0.717, 1.165) is 31.0 Å². The number of hydrogen-bond donors (Lipinski definition) is 1. The molecule has 1 N–H and O–H groups in total. The van der Waals surface area contributed by atoms with Crippen molar-refractivity contribution in [2.75, 3.05) is 10.8 Å². The van der Waals surface area contributed by atoms with Gasteiger partial charge >= 0.3 is 0 Å². The largest absolute Gasteiger partial charge is 0.352 e. The van der Waals surface area contributed by atoms with Crippen LogP contribution in [0.4, 0.5) is 5.69 Å². The van der Waals surface area contributed by atoms with E-state index in [1.54, 1.807) is 36.4 Å². The molecule has 2 amide bonds. The zero-order valence-electron chi connectivity index (χ0n) is 27.0. The Bertz CT molecular complexity index is 1710. The number of carbonyl (C=O) groups excluding carboxylic acids is 2. The second kappa shape index (κ2) is 15.6. The summed E-state index contributed by atoms with van der Waals surface area (Å²) >= 11 is 3.47. The molecule has 4 rings (SSSR count). The molecule has 0 spiro atoms. The first-order valence-electron chi connectivity index (χ1n) is 15.4. The van der Waals surface area contributed by atoms with Gasteiger partial charge in [0.1, 0.15) is 12.6 Å². The second-order valence-corrected chi connectivity index (χ2v) is 14.9. The van der Waals surface area contributed by atoms with E-state index in [4.69, 9.17) is 0 Å². The van der Waals surface area contributed by atoms with Gasteiger partial charge in [0.2, 0.25) is 11.8 Å². The van der Waals surface area contributed by atoms with Gasteiger partial charge < -0.3 is 10.2 Å². The van der Waals surface area contributed by atoms with Crippen molar-refractivity contribution in [1.29, 1.82) is 0 Å². The molecule has 0 aliphatic heterocycles. The molecule has 0 radical (unpaired) electrons. The van der Waals surface area contributed by atoms with E-state index in [1.807, 2.05) is 87.5 Å². The smallest absolute Gasteiger partial charge is 0.264 e.